The van der Waals surface area contributed by atoms with Gasteiger partial charge in [-0.05, 0) is 6.42 Å². The predicted molar refractivity (Wildman–Crippen MR) is 72.8 cm³/mol. The van der Waals surface area contributed by atoms with Crippen LogP contribution in [0.5, 0.6) is 0 Å². The zero-order valence-electron chi connectivity index (χ0n) is 11.0. The van der Waals surface area contributed by atoms with Crippen LogP contribution in [0.25, 0.3) is 11.2 Å². The molecule has 3 N–H and O–H groups in total. The molecule has 1 aliphatic heterocycles. The van der Waals surface area contributed by atoms with Gasteiger partial charge in [0.25, 0.3) is 0 Å². The molecule has 2 aromatic heterocycles. The Hall–Kier alpha value is -1.32. The van der Waals surface area contributed by atoms with E-state index < -0.39 is 24.4 Å². The van der Waals surface area contributed by atoms with Gasteiger partial charge in [-0.3, -0.25) is 0 Å². The van der Waals surface area contributed by atoms with Gasteiger partial charge in [0.05, 0.1) is 31.7 Å². The Bertz CT molecular complexity index is 637. The fourth-order valence-electron chi connectivity index (χ4n) is 2.57. The lowest BCUT2D eigenvalue weighted by Gasteiger charge is -2.26. The van der Waals surface area contributed by atoms with Crippen molar-refractivity contribution in [3.63, 3.8) is 0 Å². The second kappa shape index (κ2) is 5.82. The first-order valence-electron chi connectivity index (χ1n) is 6.53. The summed E-state index contributed by atoms with van der Waals surface area (Å²) >= 11 is 5.96. The lowest BCUT2D eigenvalue weighted by Crippen LogP contribution is -2.37. The van der Waals surface area contributed by atoms with Gasteiger partial charge in [-0.15, -0.1) is 0 Å². The van der Waals surface area contributed by atoms with Gasteiger partial charge in [0, 0.05) is 0 Å². The minimum Gasteiger partial charge on any atom is -0.394 e. The monoisotopic (exact) mass is 314 g/mol. The third kappa shape index (κ3) is 2.60. The van der Waals surface area contributed by atoms with E-state index in [0.717, 1.165) is 0 Å². The molecule has 9 heteroatoms. The predicted octanol–water partition coefficient (Wildman–Crippen LogP) is -0.476. The van der Waals surface area contributed by atoms with E-state index in [2.05, 4.69) is 15.0 Å². The van der Waals surface area contributed by atoms with E-state index in [4.69, 9.17) is 16.3 Å². The Balaban J connectivity index is 2.04. The number of hydrogen-bond donors (Lipinski definition) is 3. The van der Waals surface area contributed by atoms with Crippen molar-refractivity contribution >= 4 is 22.8 Å². The van der Waals surface area contributed by atoms with Crippen LogP contribution in [0.1, 0.15) is 12.5 Å². The first-order chi connectivity index (χ1) is 10.1. The quantitative estimate of drug-likeness (QED) is 0.642. The Kier molecular flexibility index (Phi) is 4.05. The number of aliphatic hydroxyl groups excluding tert-OH is 3. The third-order valence-corrected chi connectivity index (χ3v) is 3.92. The zero-order chi connectivity index (χ0) is 15.0. The average molecular weight is 315 g/mol. The molecule has 1 saturated heterocycles. The van der Waals surface area contributed by atoms with Crippen molar-refractivity contribution in [1.29, 1.82) is 0 Å². The molecule has 0 aliphatic carbocycles. The van der Waals surface area contributed by atoms with E-state index >= 15 is 0 Å². The molecule has 114 valence electrons. The molecular formula is C12H15ClN4O4. The van der Waals surface area contributed by atoms with Crippen LogP contribution < -0.4 is 0 Å². The normalized spacial score (nSPS) is 30.5. The number of rotatable bonds is 2. The maximum Gasteiger partial charge on any atom is 0.165 e. The largest absolute Gasteiger partial charge is 0.394 e. The fourth-order valence-corrected chi connectivity index (χ4v) is 2.75. The van der Waals surface area contributed by atoms with Crippen LogP contribution in [0, 0.1) is 0 Å². The minimum atomic E-state index is -1.00. The van der Waals surface area contributed by atoms with Gasteiger partial charge in [-0.2, -0.15) is 0 Å². The highest BCUT2D eigenvalue weighted by Crippen LogP contribution is 2.29. The molecule has 0 saturated carbocycles. The molecule has 0 aromatic carbocycles. The van der Waals surface area contributed by atoms with Crippen LogP contribution in [-0.2, 0) is 4.74 Å². The first kappa shape index (κ1) is 14.6. The standard InChI is InChI=1S/C12H15ClN4O4/c13-11-9-12(15-4-14-11)17(5-16-9)7-1-6(19)3-21-8(2-18)10(7)20/h4-8,10,18-20H,1-3H2/t6-,7+,8-,10-/m0/s1. The van der Waals surface area contributed by atoms with Crippen LogP contribution in [0.15, 0.2) is 12.7 Å². The number of imidazole rings is 1. The number of halogens is 1. The average Bonchev–Trinajstić information content (AvgIpc) is 2.84. The van der Waals surface area contributed by atoms with Crippen LogP contribution >= 0.6 is 11.6 Å². The molecule has 0 radical (unpaired) electrons. The lowest BCUT2D eigenvalue weighted by atomic mass is 10.0. The summed E-state index contributed by atoms with van der Waals surface area (Å²) in [5.41, 5.74) is 0.886. The number of hydrogen-bond acceptors (Lipinski definition) is 7. The summed E-state index contributed by atoms with van der Waals surface area (Å²) in [6, 6.07) is -0.532. The number of aliphatic hydroxyl groups is 3. The molecule has 0 unspecified atom stereocenters. The summed E-state index contributed by atoms with van der Waals surface area (Å²) < 4.78 is 6.93. The summed E-state index contributed by atoms with van der Waals surface area (Å²) in [4.78, 5) is 12.1. The van der Waals surface area contributed by atoms with Crippen LogP contribution in [0.3, 0.4) is 0 Å². The molecule has 3 heterocycles. The fraction of sp³-hybridized carbons (Fsp3) is 0.583. The Labute approximate surface area is 125 Å². The summed E-state index contributed by atoms with van der Waals surface area (Å²) in [5, 5.41) is 29.8. The van der Waals surface area contributed by atoms with Crippen LogP contribution in [0.4, 0.5) is 0 Å². The van der Waals surface area contributed by atoms with Crippen molar-refractivity contribution in [1.82, 2.24) is 19.5 Å². The Morgan fingerprint density at radius 3 is 2.90 bits per heavy atom. The topological polar surface area (TPSA) is 114 Å². The Morgan fingerprint density at radius 2 is 2.14 bits per heavy atom. The highest BCUT2D eigenvalue weighted by atomic mass is 35.5. The van der Waals surface area contributed by atoms with Crippen molar-refractivity contribution < 1.29 is 20.1 Å². The lowest BCUT2D eigenvalue weighted by molar-refractivity contribution is -0.0735. The smallest absolute Gasteiger partial charge is 0.165 e. The molecule has 21 heavy (non-hydrogen) atoms. The zero-order valence-corrected chi connectivity index (χ0v) is 11.8. The molecule has 0 spiro atoms. The van der Waals surface area contributed by atoms with E-state index in [1.807, 2.05) is 0 Å². The highest BCUT2D eigenvalue weighted by Gasteiger charge is 2.35. The SMILES string of the molecule is OC[C@@H]1OC[C@@H](O)C[C@@H](n2cnc3c(Cl)ncnc32)[C@@H]1O. The number of ether oxygens (including phenoxy) is 1. The van der Waals surface area contributed by atoms with Gasteiger partial charge < -0.3 is 24.6 Å². The first-order valence-corrected chi connectivity index (χ1v) is 6.91. The van der Waals surface area contributed by atoms with Gasteiger partial charge in [-0.25, -0.2) is 15.0 Å². The van der Waals surface area contributed by atoms with Gasteiger partial charge in [-0.1, -0.05) is 11.6 Å². The van der Waals surface area contributed by atoms with Crippen molar-refractivity contribution in [3.8, 4) is 0 Å². The maximum atomic E-state index is 10.4. The molecule has 1 aliphatic rings. The van der Waals surface area contributed by atoms with Crippen molar-refractivity contribution in [2.24, 2.45) is 0 Å². The third-order valence-electron chi connectivity index (χ3n) is 3.64. The van der Waals surface area contributed by atoms with Gasteiger partial charge in [0.15, 0.2) is 10.8 Å². The van der Waals surface area contributed by atoms with E-state index in [-0.39, 0.29) is 24.8 Å². The number of nitrogens with zero attached hydrogens (tertiary/aromatic N) is 4. The van der Waals surface area contributed by atoms with Crippen molar-refractivity contribution in [3.05, 3.63) is 17.8 Å². The molecule has 4 atom stereocenters. The van der Waals surface area contributed by atoms with Crippen LogP contribution in [0.2, 0.25) is 5.15 Å². The molecule has 0 amide bonds. The Morgan fingerprint density at radius 1 is 1.33 bits per heavy atom. The molecule has 2 aromatic rings. The summed E-state index contributed by atoms with van der Waals surface area (Å²) in [6.45, 7) is -0.284. The maximum absolute atomic E-state index is 10.4. The number of aromatic nitrogens is 4. The van der Waals surface area contributed by atoms with Gasteiger partial charge in [0.2, 0.25) is 0 Å². The van der Waals surface area contributed by atoms with Crippen LogP contribution in [-0.4, -0.2) is 66.4 Å². The second-order valence-corrected chi connectivity index (χ2v) is 5.35. The van der Waals surface area contributed by atoms with Crippen molar-refractivity contribution in [2.45, 2.75) is 30.8 Å². The summed E-state index contributed by atoms with van der Waals surface area (Å²) in [7, 11) is 0. The second-order valence-electron chi connectivity index (χ2n) is 4.99. The summed E-state index contributed by atoms with van der Waals surface area (Å²) in [6.07, 6.45) is 0.523. The molecule has 8 nitrogen and oxygen atoms in total. The van der Waals surface area contributed by atoms with Gasteiger partial charge in [0.1, 0.15) is 24.1 Å². The highest BCUT2D eigenvalue weighted by molar-refractivity contribution is 6.33. The summed E-state index contributed by atoms with van der Waals surface area (Å²) in [5.74, 6) is 0. The van der Waals surface area contributed by atoms with Crippen molar-refractivity contribution in [2.75, 3.05) is 13.2 Å². The molecule has 1 fully saturated rings. The van der Waals surface area contributed by atoms with E-state index in [1.165, 1.54) is 12.7 Å². The number of fused-ring (bicyclic) bond motifs is 1. The van der Waals surface area contributed by atoms with E-state index in [1.54, 1.807) is 4.57 Å². The van der Waals surface area contributed by atoms with E-state index in [0.29, 0.717) is 11.2 Å². The van der Waals surface area contributed by atoms with E-state index in [9.17, 15) is 15.3 Å². The molecule has 0 bridgehead atoms. The molecule has 3 rings (SSSR count). The minimum absolute atomic E-state index is 0.0567. The molecular weight excluding hydrogens is 300 g/mol. The van der Waals surface area contributed by atoms with Gasteiger partial charge >= 0.3 is 0 Å².